The summed E-state index contributed by atoms with van der Waals surface area (Å²) in [5.74, 6) is 0.418. The fourth-order valence-electron chi connectivity index (χ4n) is 4.03. The second-order valence-electron chi connectivity index (χ2n) is 13.2. The van der Waals surface area contributed by atoms with Crippen LogP contribution in [0.15, 0.2) is 6.20 Å². The number of hydrogen-bond acceptors (Lipinski definition) is 6. The van der Waals surface area contributed by atoms with Gasteiger partial charge >= 0.3 is 0 Å². The van der Waals surface area contributed by atoms with Gasteiger partial charge in [0.15, 0.2) is 22.3 Å². The maximum absolute atomic E-state index is 12.6. The summed E-state index contributed by atoms with van der Waals surface area (Å²) >= 11 is 6.70. The summed E-state index contributed by atoms with van der Waals surface area (Å²) in [5.41, 5.74) is 1.13. The number of carbonyl (C=O) groups excluding carboxylic acids is 1. The Balaban J connectivity index is 2.06. The molecular formula is C26H45ClN4O3Si2. The fourth-order valence-corrected chi connectivity index (χ4v) is 6.70. The van der Waals surface area contributed by atoms with Crippen LogP contribution in [0.3, 0.4) is 0 Å². The van der Waals surface area contributed by atoms with Crippen molar-refractivity contribution in [2.24, 2.45) is 0 Å². The molecule has 1 fully saturated rings. The molecule has 7 nitrogen and oxygen atoms in total. The molecule has 0 saturated carbocycles. The van der Waals surface area contributed by atoms with E-state index in [-0.39, 0.29) is 39.4 Å². The molecule has 0 spiro atoms. The predicted octanol–water partition coefficient (Wildman–Crippen LogP) is 7.79. The molecule has 2 aromatic heterocycles. The van der Waals surface area contributed by atoms with Gasteiger partial charge in [-0.15, -0.1) is 0 Å². The average Bonchev–Trinajstić information content (AvgIpc) is 3.27. The zero-order valence-corrected chi connectivity index (χ0v) is 26.9. The molecule has 0 radical (unpaired) electrons. The fraction of sp³-hybridized carbons (Fsp3) is 0.731. The third kappa shape index (κ3) is 5.60. The zero-order valence-electron chi connectivity index (χ0n) is 24.2. The van der Waals surface area contributed by atoms with Crippen LogP contribution in [0.1, 0.15) is 84.8 Å². The van der Waals surface area contributed by atoms with E-state index in [4.69, 9.17) is 25.7 Å². The van der Waals surface area contributed by atoms with Crippen LogP contribution in [0.5, 0.6) is 0 Å². The van der Waals surface area contributed by atoms with Crippen molar-refractivity contribution in [2.45, 2.75) is 123 Å². The summed E-state index contributed by atoms with van der Waals surface area (Å²) in [6, 6.07) is 0. The topological polar surface area (TPSA) is 78.3 Å². The highest BCUT2D eigenvalue weighted by molar-refractivity contribution is 6.82. The molecule has 3 atom stereocenters. The van der Waals surface area contributed by atoms with Crippen LogP contribution >= 0.6 is 11.6 Å². The molecule has 0 aliphatic carbocycles. The van der Waals surface area contributed by atoms with E-state index in [1.807, 2.05) is 10.8 Å². The van der Waals surface area contributed by atoms with Crippen LogP contribution in [0, 0.1) is 0 Å². The first-order valence-corrected chi connectivity index (χ1v) is 19.3. The first-order valence-electron chi connectivity index (χ1n) is 13.0. The maximum atomic E-state index is 12.6. The number of nitrogens with zero attached hydrogens (tertiary/aromatic N) is 3. The largest absolute Gasteiger partial charge is 0.411 e. The monoisotopic (exact) mass is 552 g/mol. The van der Waals surface area contributed by atoms with Crippen molar-refractivity contribution < 1.29 is 14.0 Å². The molecule has 0 bridgehead atoms. The number of fused-ring (bicyclic) bond motifs is 1. The Bertz CT molecular complexity index is 1130. The number of nitrogens with one attached hydrogen (secondary N) is 1. The van der Waals surface area contributed by atoms with Crippen LogP contribution < -0.4 is 4.98 Å². The van der Waals surface area contributed by atoms with Gasteiger partial charge in [0.25, 0.3) is 0 Å². The smallest absolute Gasteiger partial charge is 0.218 e. The van der Waals surface area contributed by atoms with Gasteiger partial charge in [0, 0.05) is 18.2 Å². The third-order valence-electron chi connectivity index (χ3n) is 8.45. The van der Waals surface area contributed by atoms with E-state index in [0.29, 0.717) is 29.0 Å². The van der Waals surface area contributed by atoms with E-state index in [9.17, 15) is 4.79 Å². The lowest BCUT2D eigenvalue weighted by Crippen LogP contribution is -2.46. The van der Waals surface area contributed by atoms with Crippen molar-refractivity contribution in [3.05, 3.63) is 16.9 Å². The Morgan fingerprint density at radius 3 is 2.28 bits per heavy atom. The number of hydrogen-bond donors (Lipinski definition) is 1. The molecule has 1 saturated heterocycles. The lowest BCUT2D eigenvalue weighted by Gasteiger charge is -2.39. The Morgan fingerprint density at radius 2 is 1.78 bits per heavy atom. The summed E-state index contributed by atoms with van der Waals surface area (Å²) in [6.07, 6.45) is 3.04. The molecule has 1 aliphatic heterocycles. The molecule has 1 N–H and O–H groups in total. The van der Waals surface area contributed by atoms with Crippen molar-refractivity contribution in [1.82, 2.24) is 14.5 Å². The standard InChI is InChI=1S/C26H45ClN4O3Si2/c1-13-18-19(34-36(11,12)26(6,7)8)14-20(33-18)31-15-17(16(2)32)21-22(27)28-24(29-23(21)31)30-35(9,10)25(3,4)5/h15,18-20H,13-14H2,1-12H3,(H,28,29,30)/t18-,19?,20-/m1/s1. The van der Waals surface area contributed by atoms with Gasteiger partial charge in [-0.1, -0.05) is 73.2 Å². The second kappa shape index (κ2) is 9.80. The third-order valence-corrected chi connectivity index (χ3v) is 17.8. The second-order valence-corrected chi connectivity index (χ2v) is 23.3. The van der Waals surface area contributed by atoms with E-state index in [0.717, 1.165) is 6.42 Å². The highest BCUT2D eigenvalue weighted by Gasteiger charge is 2.45. The molecule has 202 valence electrons. The summed E-state index contributed by atoms with van der Waals surface area (Å²) in [6.45, 7) is 26.2. The minimum Gasteiger partial charge on any atom is -0.411 e. The van der Waals surface area contributed by atoms with Gasteiger partial charge in [0.05, 0.1) is 17.6 Å². The van der Waals surface area contributed by atoms with Crippen molar-refractivity contribution in [3.63, 3.8) is 0 Å². The highest BCUT2D eigenvalue weighted by atomic mass is 35.5. The van der Waals surface area contributed by atoms with E-state index < -0.39 is 16.6 Å². The van der Waals surface area contributed by atoms with Gasteiger partial charge in [-0.2, -0.15) is 4.98 Å². The molecule has 36 heavy (non-hydrogen) atoms. The lowest BCUT2D eigenvalue weighted by molar-refractivity contribution is -0.0159. The van der Waals surface area contributed by atoms with Crippen LogP contribution in [-0.4, -0.2) is 49.1 Å². The van der Waals surface area contributed by atoms with E-state index in [2.05, 4.69) is 84.6 Å². The molecule has 10 heteroatoms. The average molecular weight is 553 g/mol. The Morgan fingerprint density at radius 1 is 1.17 bits per heavy atom. The molecule has 0 amide bonds. The van der Waals surface area contributed by atoms with Crippen molar-refractivity contribution in [1.29, 1.82) is 0 Å². The van der Waals surface area contributed by atoms with Crippen molar-refractivity contribution in [2.75, 3.05) is 4.98 Å². The number of Topliss-reactive ketones (excluding diaryl/α,β-unsaturated/α-hetero) is 1. The van der Waals surface area contributed by atoms with E-state index in [1.54, 1.807) is 6.92 Å². The molecule has 1 unspecified atom stereocenters. The van der Waals surface area contributed by atoms with Crippen LogP contribution in [0.4, 0.5) is 5.95 Å². The van der Waals surface area contributed by atoms with E-state index >= 15 is 0 Å². The highest BCUT2D eigenvalue weighted by Crippen LogP contribution is 2.43. The lowest BCUT2D eigenvalue weighted by atomic mass is 10.1. The van der Waals surface area contributed by atoms with Gasteiger partial charge in [0.1, 0.15) is 17.0 Å². The molecule has 3 rings (SSSR count). The van der Waals surface area contributed by atoms with Crippen LogP contribution in [0.2, 0.25) is 41.4 Å². The number of ketones is 1. The number of ether oxygens (including phenoxy) is 1. The van der Waals surface area contributed by atoms with Gasteiger partial charge in [-0.25, -0.2) is 4.98 Å². The van der Waals surface area contributed by atoms with Crippen molar-refractivity contribution in [3.8, 4) is 0 Å². The van der Waals surface area contributed by atoms with Gasteiger partial charge in [0.2, 0.25) is 5.95 Å². The zero-order chi connectivity index (χ0) is 27.4. The predicted molar refractivity (Wildman–Crippen MR) is 154 cm³/mol. The Kier molecular flexibility index (Phi) is 7.97. The molecule has 2 aromatic rings. The number of halogens is 1. The quantitative estimate of drug-likeness (QED) is 0.214. The summed E-state index contributed by atoms with van der Waals surface area (Å²) in [5, 5.41) is 1.05. The van der Waals surface area contributed by atoms with Gasteiger partial charge in [-0.3, -0.25) is 4.79 Å². The maximum Gasteiger partial charge on any atom is 0.218 e. The molecule has 1 aliphatic rings. The van der Waals surface area contributed by atoms with Crippen molar-refractivity contribution >= 4 is 50.9 Å². The molecule has 3 heterocycles. The van der Waals surface area contributed by atoms with Gasteiger partial charge in [-0.05, 0) is 36.5 Å². The van der Waals surface area contributed by atoms with Crippen LogP contribution in [-0.2, 0) is 9.16 Å². The minimum absolute atomic E-state index is 0.0127. The summed E-state index contributed by atoms with van der Waals surface area (Å²) in [7, 11) is -3.93. The molecular weight excluding hydrogens is 508 g/mol. The first kappa shape index (κ1) is 29.3. The summed E-state index contributed by atoms with van der Waals surface area (Å²) in [4.78, 5) is 25.6. The molecule has 0 aromatic carbocycles. The first-order chi connectivity index (χ1) is 16.3. The number of carbonyl (C=O) groups is 1. The Labute approximate surface area is 223 Å². The number of rotatable bonds is 7. The minimum atomic E-state index is -1.98. The summed E-state index contributed by atoms with van der Waals surface area (Å²) < 4.78 is 15.3. The number of aromatic nitrogens is 3. The van der Waals surface area contributed by atoms with Gasteiger partial charge < -0.3 is 18.7 Å². The van der Waals surface area contributed by atoms with E-state index in [1.165, 1.54) is 0 Å². The Hall–Kier alpha value is -1.27. The normalized spacial score (nSPS) is 21.9. The van der Waals surface area contributed by atoms with Crippen LogP contribution in [0.25, 0.3) is 11.0 Å². The number of anilines is 1. The SMILES string of the molecule is CC[C@H]1O[C@@H](n2cc(C(C)=O)c3c(Cl)nc(N[Si](C)(C)C(C)(C)C)nc32)CC1O[Si](C)(C)C(C)(C)C.